The fourth-order valence-electron chi connectivity index (χ4n) is 4.22. The molecule has 2 heterocycles. The first kappa shape index (κ1) is 19.1. The van der Waals surface area contributed by atoms with Crippen LogP contribution in [0.3, 0.4) is 0 Å². The Morgan fingerprint density at radius 1 is 1.00 bits per heavy atom. The Labute approximate surface area is 158 Å². The Morgan fingerprint density at radius 2 is 1.62 bits per heavy atom. The van der Waals surface area contributed by atoms with Gasteiger partial charge in [-0.15, -0.1) is 0 Å². The summed E-state index contributed by atoms with van der Waals surface area (Å²) in [7, 11) is 0. The molecule has 0 saturated carbocycles. The van der Waals surface area contributed by atoms with Crippen LogP contribution in [0.2, 0.25) is 0 Å². The summed E-state index contributed by atoms with van der Waals surface area (Å²) in [5.74, 6) is 0.321. The van der Waals surface area contributed by atoms with Gasteiger partial charge in [0.15, 0.2) is 0 Å². The Morgan fingerprint density at radius 3 is 2.27 bits per heavy atom. The molecule has 26 heavy (non-hydrogen) atoms. The first-order valence-corrected chi connectivity index (χ1v) is 10.1. The lowest BCUT2D eigenvalue weighted by atomic mass is 9.97. The molecule has 2 aliphatic heterocycles. The van der Waals surface area contributed by atoms with Gasteiger partial charge in [0, 0.05) is 44.8 Å². The van der Waals surface area contributed by atoms with Crippen molar-refractivity contribution in [2.75, 3.05) is 39.3 Å². The SMILES string of the molecule is CC1CCCC(C)N1C(=O)CN1CCN(C/C=C/c2ccccc2)CC1. The van der Waals surface area contributed by atoms with E-state index < -0.39 is 0 Å². The molecule has 2 saturated heterocycles. The summed E-state index contributed by atoms with van der Waals surface area (Å²) in [6.45, 7) is 10.0. The van der Waals surface area contributed by atoms with Crippen LogP contribution in [0.4, 0.5) is 0 Å². The van der Waals surface area contributed by atoms with Crippen molar-refractivity contribution in [3.05, 3.63) is 42.0 Å². The van der Waals surface area contributed by atoms with Crippen molar-refractivity contribution in [1.82, 2.24) is 14.7 Å². The molecule has 3 rings (SSSR count). The maximum Gasteiger partial charge on any atom is 0.237 e. The van der Waals surface area contributed by atoms with Crippen LogP contribution in [0.25, 0.3) is 6.08 Å². The number of piperidine rings is 1. The van der Waals surface area contributed by atoms with Crippen LogP contribution in [0.1, 0.15) is 38.7 Å². The highest BCUT2D eigenvalue weighted by Crippen LogP contribution is 2.22. The van der Waals surface area contributed by atoms with Crippen molar-refractivity contribution in [1.29, 1.82) is 0 Å². The van der Waals surface area contributed by atoms with Crippen molar-refractivity contribution in [2.45, 2.75) is 45.2 Å². The van der Waals surface area contributed by atoms with Crippen molar-refractivity contribution in [3.63, 3.8) is 0 Å². The largest absolute Gasteiger partial charge is 0.336 e. The van der Waals surface area contributed by atoms with Gasteiger partial charge in [0.05, 0.1) is 6.54 Å². The van der Waals surface area contributed by atoms with Gasteiger partial charge in [0.2, 0.25) is 5.91 Å². The summed E-state index contributed by atoms with van der Waals surface area (Å²) in [5, 5.41) is 0. The molecule has 2 unspecified atom stereocenters. The third kappa shape index (κ3) is 5.18. The Kier molecular flexibility index (Phi) is 6.86. The van der Waals surface area contributed by atoms with Crippen molar-refractivity contribution >= 4 is 12.0 Å². The Balaban J connectivity index is 1.41. The topological polar surface area (TPSA) is 26.8 Å². The van der Waals surface area contributed by atoms with Crippen molar-refractivity contribution < 1.29 is 4.79 Å². The van der Waals surface area contributed by atoms with Crippen molar-refractivity contribution in [2.24, 2.45) is 0 Å². The van der Waals surface area contributed by atoms with Gasteiger partial charge >= 0.3 is 0 Å². The molecule has 2 fully saturated rings. The average molecular weight is 356 g/mol. The minimum Gasteiger partial charge on any atom is -0.336 e. The lowest BCUT2D eigenvalue weighted by Gasteiger charge is -2.41. The minimum absolute atomic E-state index is 0.321. The monoisotopic (exact) mass is 355 g/mol. The molecule has 0 bridgehead atoms. The number of hydrogen-bond acceptors (Lipinski definition) is 3. The number of carbonyl (C=O) groups excluding carboxylic acids is 1. The molecule has 142 valence electrons. The second kappa shape index (κ2) is 9.33. The van der Waals surface area contributed by atoms with E-state index in [9.17, 15) is 4.79 Å². The molecule has 2 atom stereocenters. The lowest BCUT2D eigenvalue weighted by molar-refractivity contribution is -0.138. The maximum absolute atomic E-state index is 12.8. The van der Waals surface area contributed by atoms with Gasteiger partial charge in [-0.1, -0.05) is 42.5 Å². The standard InChI is InChI=1S/C22H33N3O/c1-19-8-6-9-20(2)25(19)22(26)18-24-16-14-23(15-17-24)13-7-12-21-10-4-3-5-11-21/h3-5,7,10-12,19-20H,6,8-9,13-18H2,1-2H3/b12-7+. The molecule has 1 aromatic carbocycles. The number of carbonyl (C=O) groups is 1. The van der Waals surface area contributed by atoms with E-state index in [0.29, 0.717) is 24.5 Å². The summed E-state index contributed by atoms with van der Waals surface area (Å²) in [6, 6.07) is 11.2. The van der Waals surface area contributed by atoms with Gasteiger partial charge in [-0.2, -0.15) is 0 Å². The number of likely N-dealkylation sites (tertiary alicyclic amines) is 1. The van der Waals surface area contributed by atoms with E-state index in [4.69, 9.17) is 0 Å². The zero-order valence-electron chi connectivity index (χ0n) is 16.3. The highest BCUT2D eigenvalue weighted by Gasteiger charge is 2.30. The van der Waals surface area contributed by atoms with Crippen LogP contribution < -0.4 is 0 Å². The lowest BCUT2D eigenvalue weighted by Crippen LogP contribution is -2.54. The van der Waals surface area contributed by atoms with Gasteiger partial charge in [-0.05, 0) is 38.7 Å². The highest BCUT2D eigenvalue weighted by atomic mass is 16.2. The molecule has 0 aromatic heterocycles. The van der Waals surface area contributed by atoms with Crippen LogP contribution in [-0.4, -0.2) is 72.0 Å². The Hall–Kier alpha value is -1.65. The van der Waals surface area contributed by atoms with E-state index in [-0.39, 0.29) is 0 Å². The highest BCUT2D eigenvalue weighted by molar-refractivity contribution is 5.79. The molecule has 0 spiro atoms. The first-order valence-electron chi connectivity index (χ1n) is 10.1. The first-order chi connectivity index (χ1) is 12.6. The molecule has 1 amide bonds. The molecule has 0 radical (unpaired) electrons. The van der Waals surface area contributed by atoms with E-state index in [1.807, 2.05) is 6.07 Å². The van der Waals surface area contributed by atoms with E-state index in [1.54, 1.807) is 0 Å². The molecular formula is C22H33N3O. The number of amides is 1. The van der Waals surface area contributed by atoms with E-state index in [0.717, 1.165) is 45.6 Å². The number of piperazine rings is 1. The molecule has 4 heteroatoms. The third-order valence-electron chi connectivity index (χ3n) is 5.78. The van der Waals surface area contributed by atoms with E-state index >= 15 is 0 Å². The third-order valence-corrected chi connectivity index (χ3v) is 5.78. The van der Waals surface area contributed by atoms with Crippen LogP contribution >= 0.6 is 0 Å². The van der Waals surface area contributed by atoms with Gasteiger partial charge in [0.1, 0.15) is 0 Å². The summed E-state index contributed by atoms with van der Waals surface area (Å²) in [4.78, 5) is 19.7. The number of rotatable bonds is 5. The summed E-state index contributed by atoms with van der Waals surface area (Å²) in [5.41, 5.74) is 1.25. The Bertz CT molecular complexity index is 583. The fourth-order valence-corrected chi connectivity index (χ4v) is 4.22. The molecule has 0 aliphatic carbocycles. The normalized spacial score (nSPS) is 25.7. The smallest absolute Gasteiger partial charge is 0.237 e. The summed E-state index contributed by atoms with van der Waals surface area (Å²) in [6.07, 6.45) is 7.98. The number of hydrogen-bond donors (Lipinski definition) is 0. The average Bonchev–Trinajstić information content (AvgIpc) is 2.64. The van der Waals surface area contributed by atoms with Gasteiger partial charge in [0.25, 0.3) is 0 Å². The molecule has 0 N–H and O–H groups in total. The zero-order chi connectivity index (χ0) is 18.4. The minimum atomic E-state index is 0.321. The van der Waals surface area contributed by atoms with Gasteiger partial charge in [-0.3, -0.25) is 14.6 Å². The van der Waals surface area contributed by atoms with Gasteiger partial charge in [-0.25, -0.2) is 0 Å². The second-order valence-corrected chi connectivity index (χ2v) is 7.82. The zero-order valence-corrected chi connectivity index (χ0v) is 16.3. The molecule has 2 aliphatic rings. The predicted octanol–water partition coefficient (Wildman–Crippen LogP) is 3.11. The molecule has 1 aromatic rings. The fraction of sp³-hybridized carbons (Fsp3) is 0.591. The van der Waals surface area contributed by atoms with Crippen LogP contribution in [0.5, 0.6) is 0 Å². The summed E-state index contributed by atoms with van der Waals surface area (Å²) < 4.78 is 0. The summed E-state index contributed by atoms with van der Waals surface area (Å²) >= 11 is 0. The number of benzene rings is 1. The van der Waals surface area contributed by atoms with Crippen molar-refractivity contribution in [3.8, 4) is 0 Å². The van der Waals surface area contributed by atoms with Crippen LogP contribution in [0, 0.1) is 0 Å². The molecular weight excluding hydrogens is 322 g/mol. The van der Waals surface area contributed by atoms with Crippen LogP contribution in [-0.2, 0) is 4.79 Å². The van der Waals surface area contributed by atoms with E-state index in [1.165, 1.54) is 12.0 Å². The number of nitrogens with zero attached hydrogens (tertiary/aromatic N) is 3. The van der Waals surface area contributed by atoms with Crippen LogP contribution in [0.15, 0.2) is 36.4 Å². The van der Waals surface area contributed by atoms with Gasteiger partial charge < -0.3 is 4.90 Å². The quantitative estimate of drug-likeness (QED) is 0.812. The van der Waals surface area contributed by atoms with E-state index in [2.05, 4.69) is 65.0 Å². The molecule has 4 nitrogen and oxygen atoms in total. The maximum atomic E-state index is 12.8. The predicted molar refractivity (Wildman–Crippen MR) is 108 cm³/mol. The second-order valence-electron chi connectivity index (χ2n) is 7.82.